The molecule has 0 aliphatic rings. The number of hydrogen-bond donors (Lipinski definition) is 1. The van der Waals surface area contributed by atoms with E-state index >= 15 is 0 Å². The third-order valence-electron chi connectivity index (χ3n) is 2.46. The highest BCUT2D eigenvalue weighted by atomic mass is 79.9. The van der Waals surface area contributed by atoms with Gasteiger partial charge in [-0.3, -0.25) is 10.1 Å². The van der Waals surface area contributed by atoms with Crippen LogP contribution in [0.4, 0.5) is 5.69 Å². The van der Waals surface area contributed by atoms with Crippen molar-refractivity contribution in [3.05, 3.63) is 56.6 Å². The van der Waals surface area contributed by atoms with Crippen molar-refractivity contribution < 1.29 is 14.8 Å². The van der Waals surface area contributed by atoms with E-state index in [9.17, 15) is 14.9 Å². The molecule has 1 heterocycles. The van der Waals surface area contributed by atoms with Crippen LogP contribution in [-0.4, -0.2) is 25.6 Å². The maximum absolute atomic E-state index is 10.8. The summed E-state index contributed by atoms with van der Waals surface area (Å²) in [5, 5.41) is 19.6. The average molecular weight is 326 g/mol. The fourth-order valence-corrected chi connectivity index (χ4v) is 2.12. The molecule has 19 heavy (non-hydrogen) atoms. The Morgan fingerprint density at radius 2 is 2.26 bits per heavy atom. The molecule has 1 aromatic carbocycles. The minimum atomic E-state index is -1.11. The fourth-order valence-electron chi connectivity index (χ4n) is 1.58. The van der Waals surface area contributed by atoms with Crippen LogP contribution in [0, 0.1) is 10.1 Å². The SMILES string of the molecule is O=C(O)c1cn(Cc2cccc([N+](=O)[O-])c2Br)cn1. The predicted molar refractivity (Wildman–Crippen MR) is 69.1 cm³/mol. The van der Waals surface area contributed by atoms with Gasteiger partial charge in [0.25, 0.3) is 5.69 Å². The molecule has 8 heteroatoms. The molecule has 0 aliphatic heterocycles. The van der Waals surface area contributed by atoms with Crippen LogP contribution in [-0.2, 0) is 6.54 Å². The number of halogens is 1. The molecule has 2 aromatic rings. The van der Waals surface area contributed by atoms with Gasteiger partial charge in [0.15, 0.2) is 5.69 Å². The lowest BCUT2D eigenvalue weighted by Gasteiger charge is -2.05. The number of hydrogen-bond acceptors (Lipinski definition) is 4. The van der Waals surface area contributed by atoms with Gasteiger partial charge in [0.05, 0.1) is 11.3 Å². The van der Waals surface area contributed by atoms with E-state index in [4.69, 9.17) is 5.11 Å². The summed E-state index contributed by atoms with van der Waals surface area (Å²) in [7, 11) is 0. The Balaban J connectivity index is 2.30. The summed E-state index contributed by atoms with van der Waals surface area (Å²) in [4.78, 5) is 24.7. The van der Waals surface area contributed by atoms with Crippen LogP contribution in [0.5, 0.6) is 0 Å². The zero-order valence-electron chi connectivity index (χ0n) is 9.49. The first-order valence-corrected chi connectivity index (χ1v) is 5.95. The van der Waals surface area contributed by atoms with Crippen LogP contribution in [0.25, 0.3) is 0 Å². The fraction of sp³-hybridized carbons (Fsp3) is 0.0909. The number of aromatic nitrogens is 2. The highest BCUT2D eigenvalue weighted by molar-refractivity contribution is 9.10. The van der Waals surface area contributed by atoms with Crippen molar-refractivity contribution in [3.63, 3.8) is 0 Å². The van der Waals surface area contributed by atoms with Crippen LogP contribution in [0.15, 0.2) is 35.2 Å². The number of nitro benzene ring substituents is 1. The Morgan fingerprint density at radius 1 is 1.53 bits per heavy atom. The number of nitro groups is 1. The van der Waals surface area contributed by atoms with E-state index < -0.39 is 10.9 Å². The molecule has 1 N–H and O–H groups in total. The van der Waals surface area contributed by atoms with Crippen molar-refractivity contribution in [2.75, 3.05) is 0 Å². The second-order valence-electron chi connectivity index (χ2n) is 3.74. The second kappa shape index (κ2) is 5.19. The molecule has 0 amide bonds. The maximum Gasteiger partial charge on any atom is 0.356 e. The first-order valence-electron chi connectivity index (χ1n) is 5.16. The molecule has 1 aromatic heterocycles. The lowest BCUT2D eigenvalue weighted by molar-refractivity contribution is -0.385. The summed E-state index contributed by atoms with van der Waals surface area (Å²) in [5.41, 5.74) is 0.571. The third kappa shape index (κ3) is 2.79. The summed E-state index contributed by atoms with van der Waals surface area (Å²) in [6.07, 6.45) is 2.74. The zero-order chi connectivity index (χ0) is 14.0. The Hall–Kier alpha value is -2.22. The third-order valence-corrected chi connectivity index (χ3v) is 3.38. The maximum atomic E-state index is 10.8. The average Bonchev–Trinajstić information content (AvgIpc) is 2.80. The molecular formula is C11H8BrN3O4. The lowest BCUT2D eigenvalue weighted by Crippen LogP contribution is -2.00. The largest absolute Gasteiger partial charge is 0.476 e. The van der Waals surface area contributed by atoms with Gasteiger partial charge in [-0.2, -0.15) is 0 Å². The highest BCUT2D eigenvalue weighted by Gasteiger charge is 2.15. The normalized spacial score (nSPS) is 10.4. The Kier molecular flexibility index (Phi) is 3.61. The number of rotatable bonds is 4. The second-order valence-corrected chi connectivity index (χ2v) is 4.54. The topological polar surface area (TPSA) is 98.3 Å². The quantitative estimate of drug-likeness (QED) is 0.687. The number of imidazole rings is 1. The van der Waals surface area contributed by atoms with E-state index in [1.807, 2.05) is 0 Å². The highest BCUT2D eigenvalue weighted by Crippen LogP contribution is 2.28. The van der Waals surface area contributed by atoms with Crippen molar-refractivity contribution in [2.45, 2.75) is 6.54 Å². The molecule has 0 aliphatic carbocycles. The first kappa shape index (κ1) is 13.2. The van der Waals surface area contributed by atoms with E-state index in [-0.39, 0.29) is 11.4 Å². The van der Waals surface area contributed by atoms with Crippen LogP contribution in [0.3, 0.4) is 0 Å². The minimum absolute atomic E-state index is 0.0314. The van der Waals surface area contributed by atoms with Gasteiger partial charge in [-0.1, -0.05) is 12.1 Å². The number of nitrogens with zero attached hydrogens (tertiary/aromatic N) is 3. The molecule has 0 unspecified atom stereocenters. The van der Waals surface area contributed by atoms with Gasteiger partial charge >= 0.3 is 5.97 Å². The lowest BCUT2D eigenvalue weighted by atomic mass is 10.2. The summed E-state index contributed by atoms with van der Waals surface area (Å²) < 4.78 is 1.93. The number of carboxylic acids is 1. The van der Waals surface area contributed by atoms with Crippen LogP contribution in [0.1, 0.15) is 16.1 Å². The standard InChI is InChI=1S/C11H8BrN3O4/c12-10-7(2-1-3-9(10)15(18)19)4-14-5-8(11(16)17)13-6-14/h1-3,5-6H,4H2,(H,16,17). The van der Waals surface area contributed by atoms with Crippen LogP contribution in [0.2, 0.25) is 0 Å². The minimum Gasteiger partial charge on any atom is -0.476 e. The van der Waals surface area contributed by atoms with Gasteiger partial charge in [0.1, 0.15) is 4.47 Å². The van der Waals surface area contributed by atoms with Crippen molar-refractivity contribution in [1.82, 2.24) is 9.55 Å². The Morgan fingerprint density at radius 3 is 2.84 bits per heavy atom. The summed E-state index contributed by atoms with van der Waals surface area (Å²) in [6, 6.07) is 4.69. The number of carbonyl (C=O) groups is 1. The molecule has 0 spiro atoms. The van der Waals surface area contributed by atoms with E-state index in [1.54, 1.807) is 16.7 Å². The van der Waals surface area contributed by atoms with Gasteiger partial charge in [0, 0.05) is 18.8 Å². The van der Waals surface area contributed by atoms with Crippen molar-refractivity contribution in [1.29, 1.82) is 0 Å². The van der Waals surface area contributed by atoms with Gasteiger partial charge in [-0.25, -0.2) is 9.78 Å². The molecule has 0 saturated carbocycles. The molecule has 0 bridgehead atoms. The molecule has 2 rings (SSSR count). The van der Waals surface area contributed by atoms with E-state index in [0.29, 0.717) is 16.6 Å². The number of benzene rings is 1. The van der Waals surface area contributed by atoms with Gasteiger partial charge in [-0.15, -0.1) is 0 Å². The molecule has 98 valence electrons. The first-order chi connectivity index (χ1) is 8.99. The molecule has 0 saturated heterocycles. The molecular weight excluding hydrogens is 318 g/mol. The monoisotopic (exact) mass is 325 g/mol. The molecule has 0 fully saturated rings. The Labute approximate surface area is 115 Å². The number of aromatic carboxylic acids is 1. The summed E-state index contributed by atoms with van der Waals surface area (Å²) in [5.74, 6) is -1.11. The van der Waals surface area contributed by atoms with Crippen LogP contribution < -0.4 is 0 Å². The van der Waals surface area contributed by atoms with Crippen molar-refractivity contribution in [2.24, 2.45) is 0 Å². The smallest absolute Gasteiger partial charge is 0.356 e. The van der Waals surface area contributed by atoms with Crippen molar-refractivity contribution in [3.8, 4) is 0 Å². The molecule has 0 radical (unpaired) electrons. The van der Waals surface area contributed by atoms with E-state index in [0.717, 1.165) is 0 Å². The number of carboxylic acid groups (broad SMARTS) is 1. The predicted octanol–water partition coefficient (Wildman–Crippen LogP) is 2.30. The van der Waals surface area contributed by atoms with Gasteiger partial charge in [-0.05, 0) is 21.5 Å². The molecule has 0 atom stereocenters. The van der Waals surface area contributed by atoms with Gasteiger partial charge in [0.2, 0.25) is 0 Å². The van der Waals surface area contributed by atoms with Gasteiger partial charge < -0.3 is 9.67 Å². The van der Waals surface area contributed by atoms with Crippen LogP contribution >= 0.6 is 15.9 Å². The van der Waals surface area contributed by atoms with Crippen molar-refractivity contribution >= 4 is 27.6 Å². The summed E-state index contributed by atoms with van der Waals surface area (Å²) >= 11 is 3.18. The molecule has 7 nitrogen and oxygen atoms in total. The zero-order valence-corrected chi connectivity index (χ0v) is 11.1. The summed E-state index contributed by atoms with van der Waals surface area (Å²) in [6.45, 7) is 0.294. The Bertz CT molecular complexity index is 653. The van der Waals surface area contributed by atoms with E-state index in [2.05, 4.69) is 20.9 Å². The van der Waals surface area contributed by atoms with E-state index in [1.165, 1.54) is 18.6 Å².